The molecule has 0 N–H and O–H groups in total. The fourth-order valence-corrected chi connectivity index (χ4v) is 9.55. The molecule has 0 spiro atoms. The highest BCUT2D eigenvalue weighted by Crippen LogP contribution is 2.51. The number of rotatable bonds is 4. The Kier molecular flexibility index (Phi) is 4.37. The van der Waals surface area contributed by atoms with Crippen LogP contribution in [-0.2, 0) is 9.16 Å². The fourth-order valence-electron chi connectivity index (χ4n) is 4.76. The topological polar surface area (TPSA) is 21.8 Å². The second kappa shape index (κ2) is 6.33. The highest BCUT2D eigenvalue weighted by atomic mass is 28.4. The van der Waals surface area contributed by atoms with Crippen LogP contribution >= 0.6 is 0 Å². The van der Waals surface area contributed by atoms with Gasteiger partial charge in [-0.3, -0.25) is 0 Å². The predicted octanol–water partition coefficient (Wildman–Crippen LogP) is 4.27. The number of hydrogen-bond donors (Lipinski definition) is 0. The molecule has 1 saturated heterocycles. The number of hydrogen-bond acceptors (Lipinski definition) is 2. The van der Waals surface area contributed by atoms with E-state index < -0.39 is 8.32 Å². The molecule has 3 heteroatoms. The molecular formula is C23H30O2Si. The minimum atomic E-state index is -2.48. The maximum absolute atomic E-state index is 7.29. The third-order valence-corrected chi connectivity index (χ3v) is 11.3. The van der Waals surface area contributed by atoms with Crippen LogP contribution in [0.1, 0.15) is 47.0 Å². The molecular weight excluding hydrogens is 336 g/mol. The monoisotopic (exact) mass is 366 g/mol. The van der Waals surface area contributed by atoms with Crippen molar-refractivity contribution < 1.29 is 9.16 Å². The summed E-state index contributed by atoms with van der Waals surface area (Å²) < 4.78 is 13.4. The minimum Gasteiger partial charge on any atom is -0.401 e. The van der Waals surface area contributed by atoms with Crippen LogP contribution in [0.25, 0.3) is 0 Å². The first kappa shape index (κ1) is 18.0. The summed E-state index contributed by atoms with van der Waals surface area (Å²) in [4.78, 5) is 0. The maximum atomic E-state index is 7.29. The minimum absolute atomic E-state index is 0.0217. The molecule has 0 radical (unpaired) electrons. The van der Waals surface area contributed by atoms with E-state index in [9.17, 15) is 0 Å². The van der Waals surface area contributed by atoms with Gasteiger partial charge in [0.15, 0.2) is 0 Å². The van der Waals surface area contributed by atoms with Crippen molar-refractivity contribution >= 4 is 18.7 Å². The normalized spacial score (nSPS) is 28.5. The Bertz CT molecular complexity index is 713. The lowest BCUT2D eigenvalue weighted by atomic mass is 9.88. The first-order valence-electron chi connectivity index (χ1n) is 9.84. The second-order valence-corrected chi connectivity index (χ2v) is 13.2. The van der Waals surface area contributed by atoms with Crippen molar-refractivity contribution in [3.8, 4) is 0 Å². The summed E-state index contributed by atoms with van der Waals surface area (Å²) in [5.41, 5.74) is -0.0920. The van der Waals surface area contributed by atoms with Crippen molar-refractivity contribution in [3.05, 3.63) is 60.7 Å². The standard InChI is InChI=1S/C23H30O2Si/c1-22(2,3)26(18-12-7-5-8-13-18,19-14-9-6-10-15-19)25-21-17-11-16-20-23(21,4)24-20/h5-10,12-15,20-21H,11,16-17H2,1-4H3/t20?,21-,23-/m1/s1. The zero-order valence-corrected chi connectivity index (χ0v) is 17.4. The van der Waals surface area contributed by atoms with Crippen LogP contribution in [0.4, 0.5) is 0 Å². The summed E-state index contributed by atoms with van der Waals surface area (Å²) in [5, 5.41) is 2.73. The summed E-state index contributed by atoms with van der Waals surface area (Å²) in [6.07, 6.45) is 4.03. The van der Waals surface area contributed by atoms with Gasteiger partial charge < -0.3 is 9.16 Å². The fraction of sp³-hybridized carbons (Fsp3) is 0.478. The van der Waals surface area contributed by atoms with Gasteiger partial charge >= 0.3 is 0 Å². The number of benzene rings is 2. The van der Waals surface area contributed by atoms with E-state index >= 15 is 0 Å². The average molecular weight is 367 g/mol. The van der Waals surface area contributed by atoms with Gasteiger partial charge in [-0.1, -0.05) is 81.4 Å². The molecule has 26 heavy (non-hydrogen) atoms. The SMILES string of the molecule is CC(C)(C)[Si](O[C@@H]1CCCC2O[C@]21C)(c1ccccc1)c1ccccc1. The molecule has 1 unspecified atom stereocenters. The zero-order valence-electron chi connectivity index (χ0n) is 16.4. The summed E-state index contributed by atoms with van der Waals surface area (Å²) in [6, 6.07) is 21.8. The highest BCUT2D eigenvalue weighted by Gasteiger charge is 2.63. The van der Waals surface area contributed by atoms with Crippen molar-refractivity contribution in [2.45, 2.75) is 69.8 Å². The van der Waals surface area contributed by atoms with E-state index in [2.05, 4.69) is 88.4 Å². The van der Waals surface area contributed by atoms with E-state index in [1.165, 1.54) is 23.2 Å². The van der Waals surface area contributed by atoms with Gasteiger partial charge in [0.2, 0.25) is 0 Å². The zero-order chi connectivity index (χ0) is 18.4. The third-order valence-electron chi connectivity index (χ3n) is 6.29. The Hall–Kier alpha value is -1.42. The van der Waals surface area contributed by atoms with Gasteiger partial charge in [-0.05, 0) is 41.6 Å². The lowest BCUT2D eigenvalue weighted by Gasteiger charge is -2.46. The van der Waals surface area contributed by atoms with Gasteiger partial charge in [0.1, 0.15) is 5.60 Å². The quantitative estimate of drug-likeness (QED) is 0.595. The molecule has 0 aromatic heterocycles. The molecule has 2 fully saturated rings. The molecule has 1 aliphatic heterocycles. The molecule has 1 aliphatic carbocycles. The van der Waals surface area contributed by atoms with Gasteiger partial charge in [-0.25, -0.2) is 0 Å². The van der Waals surface area contributed by atoms with Crippen molar-refractivity contribution in [1.82, 2.24) is 0 Å². The molecule has 3 atom stereocenters. The van der Waals surface area contributed by atoms with Gasteiger partial charge in [-0.15, -0.1) is 0 Å². The van der Waals surface area contributed by atoms with E-state index in [0.717, 1.165) is 6.42 Å². The van der Waals surface area contributed by atoms with Crippen molar-refractivity contribution in [2.75, 3.05) is 0 Å². The number of fused-ring (bicyclic) bond motifs is 1. The molecule has 0 amide bonds. The van der Waals surface area contributed by atoms with Gasteiger partial charge in [0.25, 0.3) is 8.32 Å². The average Bonchev–Trinajstić information content (AvgIpc) is 3.32. The van der Waals surface area contributed by atoms with Crippen LogP contribution < -0.4 is 10.4 Å². The highest BCUT2D eigenvalue weighted by molar-refractivity contribution is 6.99. The smallest absolute Gasteiger partial charge is 0.261 e. The van der Waals surface area contributed by atoms with Crippen molar-refractivity contribution in [3.63, 3.8) is 0 Å². The Morgan fingerprint density at radius 1 is 0.923 bits per heavy atom. The summed E-state index contributed by atoms with van der Waals surface area (Å²) in [5.74, 6) is 0. The molecule has 4 rings (SSSR count). The summed E-state index contributed by atoms with van der Waals surface area (Å²) in [7, 11) is -2.48. The molecule has 1 saturated carbocycles. The first-order valence-corrected chi connectivity index (χ1v) is 11.8. The summed E-state index contributed by atoms with van der Waals surface area (Å²) in [6.45, 7) is 9.28. The van der Waals surface area contributed by atoms with Crippen LogP contribution in [0, 0.1) is 0 Å². The van der Waals surface area contributed by atoms with Crippen molar-refractivity contribution in [1.29, 1.82) is 0 Å². The molecule has 2 nitrogen and oxygen atoms in total. The van der Waals surface area contributed by atoms with E-state index in [-0.39, 0.29) is 16.7 Å². The molecule has 2 aliphatic rings. The summed E-state index contributed by atoms with van der Waals surface area (Å²) >= 11 is 0. The van der Waals surface area contributed by atoms with E-state index in [0.29, 0.717) is 6.10 Å². The molecule has 2 aromatic rings. The van der Waals surface area contributed by atoms with E-state index in [4.69, 9.17) is 9.16 Å². The van der Waals surface area contributed by atoms with E-state index in [1.54, 1.807) is 0 Å². The lowest BCUT2D eigenvalue weighted by Crippen LogP contribution is -2.68. The van der Waals surface area contributed by atoms with Gasteiger partial charge in [0, 0.05) is 0 Å². The second-order valence-electron chi connectivity index (χ2n) is 8.99. The molecule has 2 aromatic carbocycles. The third kappa shape index (κ3) is 2.77. The molecule has 1 heterocycles. The van der Waals surface area contributed by atoms with Crippen LogP contribution in [0.3, 0.4) is 0 Å². The first-order chi connectivity index (χ1) is 12.4. The maximum Gasteiger partial charge on any atom is 0.261 e. The Balaban J connectivity index is 1.86. The molecule has 138 valence electrons. The number of epoxide rings is 1. The number of ether oxygens (including phenoxy) is 1. The van der Waals surface area contributed by atoms with Gasteiger partial charge in [-0.2, -0.15) is 0 Å². The van der Waals surface area contributed by atoms with Crippen LogP contribution in [0.2, 0.25) is 5.04 Å². The lowest BCUT2D eigenvalue weighted by molar-refractivity contribution is 0.0873. The predicted molar refractivity (Wildman–Crippen MR) is 110 cm³/mol. The molecule has 0 bridgehead atoms. The van der Waals surface area contributed by atoms with E-state index in [1.807, 2.05) is 0 Å². The Morgan fingerprint density at radius 3 is 1.96 bits per heavy atom. The van der Waals surface area contributed by atoms with Gasteiger partial charge in [0.05, 0.1) is 12.2 Å². The van der Waals surface area contributed by atoms with Crippen LogP contribution in [-0.4, -0.2) is 26.1 Å². The Labute approximate surface area is 158 Å². The van der Waals surface area contributed by atoms with Crippen LogP contribution in [0.15, 0.2) is 60.7 Å². The van der Waals surface area contributed by atoms with Crippen molar-refractivity contribution in [2.24, 2.45) is 0 Å². The Morgan fingerprint density at radius 2 is 1.46 bits per heavy atom. The largest absolute Gasteiger partial charge is 0.401 e. The van der Waals surface area contributed by atoms with Crippen LogP contribution in [0.5, 0.6) is 0 Å².